The molecule has 1 saturated heterocycles. The molecule has 0 bridgehead atoms. The van der Waals surface area contributed by atoms with Gasteiger partial charge in [0.15, 0.2) is 0 Å². The topological polar surface area (TPSA) is 24.5 Å². The predicted molar refractivity (Wildman–Crippen MR) is 75.4 cm³/mol. The quantitative estimate of drug-likeness (QED) is 0.887. The molecular weight excluding hydrogens is 224 g/mol. The molecule has 0 spiro atoms. The third-order valence-electron chi connectivity index (χ3n) is 3.97. The van der Waals surface area contributed by atoms with Crippen LogP contribution in [0.25, 0.3) is 0 Å². The van der Waals surface area contributed by atoms with Crippen LogP contribution in [0.3, 0.4) is 0 Å². The number of hydrogen-bond acceptors (Lipinski definition) is 3. The van der Waals surface area contributed by atoms with Crippen LogP contribution in [0, 0.1) is 0 Å². The van der Waals surface area contributed by atoms with Crippen molar-refractivity contribution >= 4 is 11.4 Å². The highest BCUT2D eigenvalue weighted by Crippen LogP contribution is 2.24. The zero-order valence-corrected chi connectivity index (χ0v) is 10.9. The summed E-state index contributed by atoms with van der Waals surface area (Å²) in [5, 5.41) is 3.63. The maximum absolute atomic E-state index is 5.38. The molecular formula is C15H22N2O. The second-order valence-corrected chi connectivity index (χ2v) is 5.27. The van der Waals surface area contributed by atoms with Gasteiger partial charge in [-0.15, -0.1) is 0 Å². The molecule has 3 rings (SSSR count). The highest BCUT2D eigenvalue weighted by Gasteiger charge is 2.15. The lowest BCUT2D eigenvalue weighted by atomic mass is 10.2. The Hall–Kier alpha value is -1.22. The summed E-state index contributed by atoms with van der Waals surface area (Å²) in [7, 11) is 0. The van der Waals surface area contributed by atoms with Gasteiger partial charge in [0, 0.05) is 30.5 Å². The van der Waals surface area contributed by atoms with Gasteiger partial charge in [-0.1, -0.05) is 12.8 Å². The van der Waals surface area contributed by atoms with Gasteiger partial charge in [0.25, 0.3) is 0 Å². The Balaban J connectivity index is 1.60. The van der Waals surface area contributed by atoms with E-state index in [0.29, 0.717) is 6.04 Å². The standard InChI is InChI=1S/C15H22N2O/c1-2-4-13(3-1)16-14-5-7-15(8-6-14)17-9-11-18-12-10-17/h5-8,13,16H,1-4,9-12H2. The van der Waals surface area contributed by atoms with Crippen molar-refractivity contribution in [3.8, 4) is 0 Å². The van der Waals surface area contributed by atoms with Crippen LogP contribution in [0.5, 0.6) is 0 Å². The summed E-state index contributed by atoms with van der Waals surface area (Å²) in [5.74, 6) is 0. The monoisotopic (exact) mass is 246 g/mol. The van der Waals surface area contributed by atoms with E-state index in [-0.39, 0.29) is 0 Å². The first-order valence-corrected chi connectivity index (χ1v) is 7.11. The van der Waals surface area contributed by atoms with Crippen molar-refractivity contribution in [3.63, 3.8) is 0 Å². The third kappa shape index (κ3) is 2.78. The van der Waals surface area contributed by atoms with Gasteiger partial charge in [-0.2, -0.15) is 0 Å². The molecule has 1 aliphatic carbocycles. The highest BCUT2D eigenvalue weighted by atomic mass is 16.5. The zero-order valence-electron chi connectivity index (χ0n) is 10.9. The minimum atomic E-state index is 0.694. The van der Waals surface area contributed by atoms with Gasteiger partial charge in [-0.05, 0) is 37.1 Å². The maximum atomic E-state index is 5.38. The minimum absolute atomic E-state index is 0.694. The van der Waals surface area contributed by atoms with Gasteiger partial charge in [-0.3, -0.25) is 0 Å². The van der Waals surface area contributed by atoms with E-state index in [9.17, 15) is 0 Å². The van der Waals surface area contributed by atoms with Crippen LogP contribution in [0.1, 0.15) is 25.7 Å². The zero-order chi connectivity index (χ0) is 12.2. The molecule has 0 radical (unpaired) electrons. The molecule has 0 amide bonds. The third-order valence-corrected chi connectivity index (χ3v) is 3.97. The van der Waals surface area contributed by atoms with Crippen LogP contribution in [-0.2, 0) is 4.74 Å². The van der Waals surface area contributed by atoms with E-state index in [1.807, 2.05) is 0 Å². The predicted octanol–water partition coefficient (Wildman–Crippen LogP) is 2.88. The van der Waals surface area contributed by atoms with Gasteiger partial charge in [-0.25, -0.2) is 0 Å². The van der Waals surface area contributed by atoms with Crippen LogP contribution in [0.2, 0.25) is 0 Å². The molecule has 3 heteroatoms. The molecule has 2 aliphatic rings. The molecule has 1 heterocycles. The van der Waals surface area contributed by atoms with Gasteiger partial charge >= 0.3 is 0 Å². The molecule has 0 unspecified atom stereocenters. The van der Waals surface area contributed by atoms with Crippen LogP contribution in [0.15, 0.2) is 24.3 Å². The molecule has 0 aromatic heterocycles. The van der Waals surface area contributed by atoms with Crippen LogP contribution in [-0.4, -0.2) is 32.3 Å². The second kappa shape index (κ2) is 5.61. The summed E-state index contributed by atoms with van der Waals surface area (Å²) in [4.78, 5) is 2.39. The molecule has 1 saturated carbocycles. The number of morpholine rings is 1. The maximum Gasteiger partial charge on any atom is 0.0642 e. The molecule has 3 nitrogen and oxygen atoms in total. The molecule has 2 fully saturated rings. The Bertz CT molecular complexity index is 365. The van der Waals surface area contributed by atoms with E-state index in [2.05, 4.69) is 34.5 Å². The molecule has 98 valence electrons. The van der Waals surface area contributed by atoms with E-state index < -0.39 is 0 Å². The Morgan fingerprint density at radius 2 is 1.67 bits per heavy atom. The Labute approximate surface area is 109 Å². The van der Waals surface area contributed by atoms with Crippen molar-refractivity contribution in [1.29, 1.82) is 0 Å². The van der Waals surface area contributed by atoms with Gasteiger partial charge in [0.2, 0.25) is 0 Å². The van der Waals surface area contributed by atoms with Crippen LogP contribution < -0.4 is 10.2 Å². The molecule has 0 atom stereocenters. The van der Waals surface area contributed by atoms with Crippen molar-refractivity contribution in [2.24, 2.45) is 0 Å². The molecule has 18 heavy (non-hydrogen) atoms. The summed E-state index contributed by atoms with van der Waals surface area (Å²) in [6.07, 6.45) is 5.41. The molecule has 1 aromatic rings. The smallest absolute Gasteiger partial charge is 0.0642 e. The van der Waals surface area contributed by atoms with Gasteiger partial charge < -0.3 is 15.0 Å². The van der Waals surface area contributed by atoms with E-state index in [0.717, 1.165) is 26.3 Å². The summed E-state index contributed by atoms with van der Waals surface area (Å²) in [6.45, 7) is 3.72. The lowest BCUT2D eigenvalue weighted by molar-refractivity contribution is 0.122. The SMILES string of the molecule is c1cc(N2CCOCC2)ccc1NC1CCCC1. The summed E-state index contributed by atoms with van der Waals surface area (Å²) in [6, 6.07) is 9.57. The number of nitrogens with one attached hydrogen (secondary N) is 1. The van der Waals surface area contributed by atoms with Crippen molar-refractivity contribution in [3.05, 3.63) is 24.3 Å². The van der Waals surface area contributed by atoms with E-state index in [4.69, 9.17) is 4.74 Å². The first-order chi connectivity index (χ1) is 8.92. The summed E-state index contributed by atoms with van der Waals surface area (Å²) < 4.78 is 5.38. The lowest BCUT2D eigenvalue weighted by Crippen LogP contribution is -2.36. The average Bonchev–Trinajstić information content (AvgIpc) is 2.94. The molecule has 1 aromatic carbocycles. The Morgan fingerprint density at radius 1 is 1.00 bits per heavy atom. The number of ether oxygens (including phenoxy) is 1. The largest absolute Gasteiger partial charge is 0.382 e. The number of anilines is 2. The number of hydrogen-bond donors (Lipinski definition) is 1. The first kappa shape index (κ1) is 11.8. The van der Waals surface area contributed by atoms with E-state index >= 15 is 0 Å². The van der Waals surface area contributed by atoms with Crippen molar-refractivity contribution in [1.82, 2.24) is 0 Å². The van der Waals surface area contributed by atoms with Crippen molar-refractivity contribution < 1.29 is 4.74 Å². The van der Waals surface area contributed by atoms with Crippen molar-refractivity contribution in [2.75, 3.05) is 36.5 Å². The number of nitrogens with zero attached hydrogens (tertiary/aromatic N) is 1. The fraction of sp³-hybridized carbons (Fsp3) is 0.600. The molecule has 1 N–H and O–H groups in total. The number of benzene rings is 1. The minimum Gasteiger partial charge on any atom is -0.382 e. The van der Waals surface area contributed by atoms with E-state index in [1.54, 1.807) is 0 Å². The fourth-order valence-electron chi connectivity index (χ4n) is 2.90. The van der Waals surface area contributed by atoms with E-state index in [1.165, 1.54) is 37.1 Å². The van der Waals surface area contributed by atoms with Gasteiger partial charge in [0.05, 0.1) is 13.2 Å². The fourth-order valence-corrected chi connectivity index (χ4v) is 2.90. The van der Waals surface area contributed by atoms with Gasteiger partial charge in [0.1, 0.15) is 0 Å². The number of rotatable bonds is 3. The van der Waals surface area contributed by atoms with Crippen molar-refractivity contribution in [2.45, 2.75) is 31.7 Å². The first-order valence-electron chi connectivity index (χ1n) is 7.11. The summed E-state index contributed by atoms with van der Waals surface area (Å²) >= 11 is 0. The second-order valence-electron chi connectivity index (χ2n) is 5.27. The highest BCUT2D eigenvalue weighted by molar-refractivity contribution is 5.55. The lowest BCUT2D eigenvalue weighted by Gasteiger charge is -2.29. The Kier molecular flexibility index (Phi) is 3.69. The average molecular weight is 246 g/mol. The summed E-state index contributed by atoms with van der Waals surface area (Å²) in [5.41, 5.74) is 2.58. The normalized spacial score (nSPS) is 21.2. The Morgan fingerprint density at radius 3 is 2.33 bits per heavy atom. The molecule has 1 aliphatic heterocycles. The van der Waals surface area contributed by atoms with Crippen LogP contribution in [0.4, 0.5) is 11.4 Å². The van der Waals surface area contributed by atoms with Crippen LogP contribution >= 0.6 is 0 Å².